The standard InChI is InChI=1S/C9H15NO4/c1-6(9(12)13)10-8(11)5-14-4-7-2-3-7/h6-7H,2-5H2,1H3,(H,10,11)(H,12,13). The molecule has 1 aliphatic carbocycles. The van der Waals surface area contributed by atoms with Gasteiger partial charge in [-0.2, -0.15) is 0 Å². The molecule has 0 saturated heterocycles. The number of carboxylic acid groups (broad SMARTS) is 1. The summed E-state index contributed by atoms with van der Waals surface area (Å²) in [6, 6.07) is -0.855. The summed E-state index contributed by atoms with van der Waals surface area (Å²) in [5.74, 6) is -0.805. The quantitative estimate of drug-likeness (QED) is 0.634. The summed E-state index contributed by atoms with van der Waals surface area (Å²) < 4.78 is 5.10. The molecule has 0 heterocycles. The van der Waals surface area contributed by atoms with Crippen molar-refractivity contribution in [3.8, 4) is 0 Å². The Kier molecular flexibility index (Phi) is 3.88. The van der Waals surface area contributed by atoms with Crippen LogP contribution >= 0.6 is 0 Å². The van der Waals surface area contributed by atoms with Gasteiger partial charge in [0.2, 0.25) is 5.91 Å². The third kappa shape index (κ3) is 4.23. The van der Waals surface area contributed by atoms with E-state index in [1.54, 1.807) is 0 Å². The molecule has 0 spiro atoms. The SMILES string of the molecule is CC(NC(=O)COCC1CC1)C(=O)O. The number of rotatable bonds is 6. The fraction of sp³-hybridized carbons (Fsp3) is 0.778. The first-order chi connectivity index (χ1) is 6.59. The van der Waals surface area contributed by atoms with Gasteiger partial charge in [-0.15, -0.1) is 0 Å². The maximum Gasteiger partial charge on any atom is 0.325 e. The summed E-state index contributed by atoms with van der Waals surface area (Å²) in [5.41, 5.74) is 0. The van der Waals surface area contributed by atoms with Crippen molar-refractivity contribution in [2.45, 2.75) is 25.8 Å². The molecule has 0 aromatic carbocycles. The van der Waals surface area contributed by atoms with Crippen molar-refractivity contribution in [1.29, 1.82) is 0 Å². The Morgan fingerprint density at radius 1 is 1.57 bits per heavy atom. The molecule has 5 nitrogen and oxygen atoms in total. The van der Waals surface area contributed by atoms with E-state index in [9.17, 15) is 9.59 Å². The van der Waals surface area contributed by atoms with E-state index in [2.05, 4.69) is 5.32 Å². The van der Waals surface area contributed by atoms with Crippen LogP contribution in [0.15, 0.2) is 0 Å². The second kappa shape index (κ2) is 4.95. The van der Waals surface area contributed by atoms with Gasteiger partial charge in [-0.1, -0.05) is 0 Å². The zero-order valence-electron chi connectivity index (χ0n) is 8.16. The van der Waals surface area contributed by atoms with Crippen molar-refractivity contribution in [1.82, 2.24) is 5.32 Å². The summed E-state index contributed by atoms with van der Waals surface area (Å²) in [5, 5.41) is 10.8. The zero-order valence-corrected chi connectivity index (χ0v) is 8.16. The number of carboxylic acids is 1. The highest BCUT2D eigenvalue weighted by atomic mass is 16.5. The Balaban J connectivity index is 2.05. The number of hydrogen-bond acceptors (Lipinski definition) is 3. The molecule has 2 N–H and O–H groups in total. The zero-order chi connectivity index (χ0) is 10.6. The first-order valence-electron chi connectivity index (χ1n) is 4.69. The van der Waals surface area contributed by atoms with Crippen molar-refractivity contribution in [2.24, 2.45) is 5.92 Å². The average molecular weight is 201 g/mol. The van der Waals surface area contributed by atoms with E-state index in [0.29, 0.717) is 12.5 Å². The fourth-order valence-electron chi connectivity index (χ4n) is 0.948. The van der Waals surface area contributed by atoms with Gasteiger partial charge in [0.25, 0.3) is 0 Å². The molecule has 14 heavy (non-hydrogen) atoms. The van der Waals surface area contributed by atoms with Crippen LogP contribution in [0.5, 0.6) is 0 Å². The molecule has 0 radical (unpaired) electrons. The van der Waals surface area contributed by atoms with Crippen LogP contribution in [0.2, 0.25) is 0 Å². The molecule has 5 heteroatoms. The number of amides is 1. The van der Waals surface area contributed by atoms with E-state index in [1.807, 2.05) is 0 Å². The number of aliphatic carboxylic acids is 1. The summed E-state index contributed by atoms with van der Waals surface area (Å²) in [6.07, 6.45) is 2.35. The van der Waals surface area contributed by atoms with Gasteiger partial charge in [0, 0.05) is 0 Å². The highest BCUT2D eigenvalue weighted by molar-refractivity contribution is 5.83. The largest absolute Gasteiger partial charge is 0.480 e. The van der Waals surface area contributed by atoms with Gasteiger partial charge in [0.15, 0.2) is 0 Å². The molecule has 1 fully saturated rings. The van der Waals surface area contributed by atoms with E-state index in [4.69, 9.17) is 9.84 Å². The lowest BCUT2D eigenvalue weighted by atomic mass is 10.3. The molecule has 0 aromatic heterocycles. The van der Waals surface area contributed by atoms with Crippen molar-refractivity contribution >= 4 is 11.9 Å². The molecule has 0 aliphatic heterocycles. The third-order valence-electron chi connectivity index (χ3n) is 2.03. The van der Waals surface area contributed by atoms with E-state index < -0.39 is 12.0 Å². The lowest BCUT2D eigenvalue weighted by Crippen LogP contribution is -2.40. The minimum absolute atomic E-state index is 0.0475. The van der Waals surface area contributed by atoms with E-state index in [-0.39, 0.29) is 12.5 Å². The topological polar surface area (TPSA) is 75.6 Å². The highest BCUT2D eigenvalue weighted by Gasteiger charge is 2.22. The van der Waals surface area contributed by atoms with Crippen LogP contribution in [-0.4, -0.2) is 36.2 Å². The van der Waals surface area contributed by atoms with E-state index in [0.717, 1.165) is 0 Å². The van der Waals surface area contributed by atoms with Gasteiger partial charge < -0.3 is 15.2 Å². The maximum absolute atomic E-state index is 11.1. The molecule has 1 unspecified atom stereocenters. The van der Waals surface area contributed by atoms with Crippen LogP contribution in [0.3, 0.4) is 0 Å². The van der Waals surface area contributed by atoms with Gasteiger partial charge in [0.1, 0.15) is 12.6 Å². The Labute approximate surface area is 82.4 Å². The van der Waals surface area contributed by atoms with Gasteiger partial charge in [0.05, 0.1) is 6.61 Å². The first kappa shape index (κ1) is 11.0. The molecule has 1 aliphatic rings. The second-order valence-corrected chi connectivity index (χ2v) is 3.59. The first-order valence-corrected chi connectivity index (χ1v) is 4.69. The Hall–Kier alpha value is -1.10. The number of carbonyl (C=O) groups is 2. The number of carbonyl (C=O) groups excluding carboxylic acids is 1. The molecular formula is C9H15NO4. The molecule has 1 amide bonds. The van der Waals surface area contributed by atoms with Gasteiger partial charge in [-0.3, -0.25) is 9.59 Å². The molecule has 80 valence electrons. The minimum atomic E-state index is -1.04. The van der Waals surface area contributed by atoms with E-state index in [1.165, 1.54) is 19.8 Å². The Morgan fingerprint density at radius 2 is 2.21 bits per heavy atom. The van der Waals surface area contributed by atoms with Crippen molar-refractivity contribution < 1.29 is 19.4 Å². The van der Waals surface area contributed by atoms with Crippen molar-refractivity contribution in [3.63, 3.8) is 0 Å². The average Bonchev–Trinajstić information content (AvgIpc) is 2.87. The highest BCUT2D eigenvalue weighted by Crippen LogP contribution is 2.28. The number of nitrogens with one attached hydrogen (secondary N) is 1. The summed E-state index contributed by atoms with van der Waals surface area (Å²) in [4.78, 5) is 21.4. The van der Waals surface area contributed by atoms with Gasteiger partial charge in [-0.25, -0.2) is 0 Å². The van der Waals surface area contributed by atoms with Crippen molar-refractivity contribution in [2.75, 3.05) is 13.2 Å². The van der Waals surface area contributed by atoms with Crippen LogP contribution in [0.25, 0.3) is 0 Å². The molecule has 1 atom stereocenters. The lowest BCUT2D eigenvalue weighted by Gasteiger charge is -2.09. The second-order valence-electron chi connectivity index (χ2n) is 3.59. The monoisotopic (exact) mass is 201 g/mol. The summed E-state index contributed by atoms with van der Waals surface area (Å²) >= 11 is 0. The van der Waals surface area contributed by atoms with Crippen molar-refractivity contribution in [3.05, 3.63) is 0 Å². The van der Waals surface area contributed by atoms with Crippen LogP contribution in [0.1, 0.15) is 19.8 Å². The Morgan fingerprint density at radius 3 is 2.71 bits per heavy atom. The predicted molar refractivity (Wildman–Crippen MR) is 48.8 cm³/mol. The van der Waals surface area contributed by atoms with Crippen LogP contribution in [-0.2, 0) is 14.3 Å². The summed E-state index contributed by atoms with van der Waals surface area (Å²) in [6.45, 7) is 1.98. The van der Waals surface area contributed by atoms with E-state index >= 15 is 0 Å². The predicted octanol–water partition coefficient (Wildman–Crippen LogP) is 0.00230. The smallest absolute Gasteiger partial charge is 0.325 e. The Bertz CT molecular complexity index is 225. The molecule has 0 aromatic rings. The number of hydrogen-bond donors (Lipinski definition) is 2. The molecule has 0 bridgehead atoms. The molecule has 1 rings (SSSR count). The maximum atomic E-state index is 11.1. The fourth-order valence-corrected chi connectivity index (χ4v) is 0.948. The van der Waals surface area contributed by atoms with Gasteiger partial charge in [-0.05, 0) is 25.7 Å². The van der Waals surface area contributed by atoms with Crippen LogP contribution in [0.4, 0.5) is 0 Å². The lowest BCUT2D eigenvalue weighted by molar-refractivity contribution is -0.142. The molecule has 1 saturated carbocycles. The number of ether oxygens (including phenoxy) is 1. The molecular weight excluding hydrogens is 186 g/mol. The van der Waals surface area contributed by atoms with Crippen LogP contribution in [0, 0.1) is 5.92 Å². The normalized spacial score (nSPS) is 17.5. The minimum Gasteiger partial charge on any atom is -0.480 e. The van der Waals surface area contributed by atoms with Gasteiger partial charge >= 0.3 is 5.97 Å². The summed E-state index contributed by atoms with van der Waals surface area (Å²) in [7, 11) is 0. The third-order valence-corrected chi connectivity index (χ3v) is 2.03. The van der Waals surface area contributed by atoms with Crippen LogP contribution < -0.4 is 5.32 Å².